The highest BCUT2D eigenvalue weighted by Crippen LogP contribution is 2.21. The minimum atomic E-state index is -0.193. The van der Waals surface area contributed by atoms with E-state index in [-0.39, 0.29) is 6.67 Å². The van der Waals surface area contributed by atoms with E-state index in [1.54, 1.807) is 0 Å². The van der Waals surface area contributed by atoms with Crippen molar-refractivity contribution in [2.24, 2.45) is 17.6 Å². The molecule has 66 valence electrons. The molecule has 2 unspecified atom stereocenters. The lowest BCUT2D eigenvalue weighted by Crippen LogP contribution is -2.40. The summed E-state index contributed by atoms with van der Waals surface area (Å²) < 4.78 is 12.0. The van der Waals surface area contributed by atoms with Gasteiger partial charge in [0.1, 0.15) is 0 Å². The summed E-state index contributed by atoms with van der Waals surface area (Å²) in [5.41, 5.74) is 5.56. The molecule has 0 amide bonds. The highest BCUT2D eigenvalue weighted by atomic mass is 19.1. The molecule has 0 aliphatic carbocycles. The molecular weight excluding hydrogens is 143 g/mol. The lowest BCUT2D eigenvalue weighted by Gasteiger charge is -2.30. The van der Waals surface area contributed by atoms with Gasteiger partial charge >= 0.3 is 0 Å². The summed E-state index contributed by atoms with van der Waals surface area (Å²) in [5.74, 6) is 1.02. The van der Waals surface area contributed by atoms with Crippen molar-refractivity contribution < 1.29 is 4.39 Å². The second kappa shape index (κ2) is 4.67. The van der Waals surface area contributed by atoms with Crippen LogP contribution in [0.1, 0.15) is 12.8 Å². The Bertz CT molecular complexity index is 106. The van der Waals surface area contributed by atoms with Crippen LogP contribution in [0.25, 0.3) is 0 Å². The number of piperidine rings is 1. The van der Waals surface area contributed by atoms with Crippen LogP contribution < -0.4 is 11.1 Å². The van der Waals surface area contributed by atoms with E-state index >= 15 is 0 Å². The van der Waals surface area contributed by atoms with Gasteiger partial charge in [0, 0.05) is 0 Å². The van der Waals surface area contributed by atoms with Gasteiger partial charge in [-0.05, 0) is 44.3 Å². The zero-order valence-electron chi connectivity index (χ0n) is 6.85. The summed E-state index contributed by atoms with van der Waals surface area (Å²) in [6.45, 7) is 2.50. The molecule has 1 fully saturated rings. The molecule has 0 aromatic heterocycles. The molecule has 0 aromatic carbocycles. The van der Waals surface area contributed by atoms with Crippen LogP contribution in [0.5, 0.6) is 0 Å². The fourth-order valence-electron chi connectivity index (χ4n) is 1.77. The van der Waals surface area contributed by atoms with Crippen molar-refractivity contribution >= 4 is 0 Å². The Hall–Kier alpha value is -0.150. The predicted molar refractivity (Wildman–Crippen MR) is 44.1 cm³/mol. The van der Waals surface area contributed by atoms with E-state index in [0.29, 0.717) is 24.8 Å². The van der Waals surface area contributed by atoms with Gasteiger partial charge in [-0.1, -0.05) is 0 Å². The Balaban J connectivity index is 2.31. The number of nitrogens with one attached hydrogen (secondary N) is 1. The van der Waals surface area contributed by atoms with Gasteiger partial charge in [-0.25, -0.2) is 0 Å². The molecule has 1 aliphatic heterocycles. The van der Waals surface area contributed by atoms with Gasteiger partial charge in [-0.15, -0.1) is 0 Å². The fraction of sp³-hybridized carbons (Fsp3) is 1.00. The number of rotatable bonds is 3. The number of hydrogen-bond acceptors (Lipinski definition) is 2. The van der Waals surface area contributed by atoms with Crippen molar-refractivity contribution in [3.8, 4) is 0 Å². The summed E-state index contributed by atoms with van der Waals surface area (Å²) in [4.78, 5) is 0. The summed E-state index contributed by atoms with van der Waals surface area (Å²) in [5, 5.41) is 3.27. The molecule has 0 spiro atoms. The first-order chi connectivity index (χ1) is 5.38. The van der Waals surface area contributed by atoms with Crippen molar-refractivity contribution in [3.05, 3.63) is 0 Å². The molecule has 0 radical (unpaired) electrons. The monoisotopic (exact) mass is 160 g/mol. The number of halogens is 1. The topological polar surface area (TPSA) is 38.0 Å². The van der Waals surface area contributed by atoms with Gasteiger partial charge in [0.05, 0.1) is 6.67 Å². The number of nitrogens with two attached hydrogens (primary N) is 1. The van der Waals surface area contributed by atoms with E-state index in [1.807, 2.05) is 0 Å². The lowest BCUT2D eigenvalue weighted by atomic mass is 9.84. The average molecular weight is 160 g/mol. The molecule has 1 saturated heterocycles. The molecule has 0 aromatic rings. The minimum absolute atomic E-state index is 0.193. The summed E-state index contributed by atoms with van der Waals surface area (Å²) in [6.07, 6.45) is 1.79. The molecule has 1 aliphatic rings. The molecule has 0 bridgehead atoms. The Kier molecular flexibility index (Phi) is 3.80. The van der Waals surface area contributed by atoms with Gasteiger partial charge in [0.25, 0.3) is 0 Å². The maximum Gasteiger partial charge on any atom is 0.0897 e. The average Bonchev–Trinajstić information content (AvgIpc) is 2.06. The normalized spacial score (nSPS) is 32.2. The van der Waals surface area contributed by atoms with Crippen LogP contribution in [0, 0.1) is 11.8 Å². The van der Waals surface area contributed by atoms with E-state index in [2.05, 4.69) is 5.32 Å². The van der Waals surface area contributed by atoms with Crippen LogP contribution in [0.2, 0.25) is 0 Å². The minimum Gasteiger partial charge on any atom is -0.330 e. The van der Waals surface area contributed by atoms with E-state index < -0.39 is 0 Å². The molecule has 11 heavy (non-hydrogen) atoms. The first kappa shape index (κ1) is 8.94. The summed E-state index contributed by atoms with van der Waals surface area (Å²) in [7, 11) is 0. The van der Waals surface area contributed by atoms with Crippen LogP contribution >= 0.6 is 0 Å². The third-order valence-electron chi connectivity index (χ3n) is 2.55. The number of hydrogen-bond donors (Lipinski definition) is 2. The van der Waals surface area contributed by atoms with E-state index in [9.17, 15) is 4.39 Å². The van der Waals surface area contributed by atoms with Crippen molar-refractivity contribution in [1.82, 2.24) is 5.32 Å². The largest absolute Gasteiger partial charge is 0.330 e. The fourth-order valence-corrected chi connectivity index (χ4v) is 1.77. The standard InChI is InChI=1S/C8H17FN2/c9-3-1-7-2-4-11-6-8(7)5-10/h7-8,11H,1-6,10H2. The Labute approximate surface area is 67.3 Å². The van der Waals surface area contributed by atoms with Crippen molar-refractivity contribution in [3.63, 3.8) is 0 Å². The first-order valence-electron chi connectivity index (χ1n) is 4.35. The zero-order valence-corrected chi connectivity index (χ0v) is 6.85. The summed E-state index contributed by atoms with van der Waals surface area (Å²) in [6, 6.07) is 0. The van der Waals surface area contributed by atoms with Gasteiger partial charge in [0.15, 0.2) is 0 Å². The predicted octanol–water partition coefficient (Wildman–Crippen LogP) is 0.530. The molecule has 0 saturated carbocycles. The third kappa shape index (κ3) is 2.42. The van der Waals surface area contributed by atoms with E-state index in [1.165, 1.54) is 0 Å². The van der Waals surface area contributed by atoms with Gasteiger partial charge < -0.3 is 11.1 Å². The smallest absolute Gasteiger partial charge is 0.0897 e. The first-order valence-corrected chi connectivity index (χ1v) is 4.35. The van der Waals surface area contributed by atoms with Crippen molar-refractivity contribution in [2.45, 2.75) is 12.8 Å². The van der Waals surface area contributed by atoms with Crippen LogP contribution in [-0.4, -0.2) is 26.3 Å². The second-order valence-corrected chi connectivity index (χ2v) is 3.23. The van der Waals surface area contributed by atoms with E-state index in [4.69, 9.17) is 5.73 Å². The quantitative estimate of drug-likeness (QED) is 0.632. The Morgan fingerprint density at radius 3 is 2.91 bits per heavy atom. The maximum atomic E-state index is 12.0. The molecule has 2 atom stereocenters. The Morgan fingerprint density at radius 2 is 2.27 bits per heavy atom. The zero-order chi connectivity index (χ0) is 8.10. The molecular formula is C8H17FN2. The molecule has 3 heteroatoms. The summed E-state index contributed by atoms with van der Waals surface area (Å²) >= 11 is 0. The lowest BCUT2D eigenvalue weighted by molar-refractivity contribution is 0.228. The van der Waals surface area contributed by atoms with Crippen LogP contribution in [0.15, 0.2) is 0 Å². The van der Waals surface area contributed by atoms with Gasteiger partial charge in [-0.2, -0.15) is 0 Å². The van der Waals surface area contributed by atoms with Gasteiger partial charge in [-0.3, -0.25) is 4.39 Å². The Morgan fingerprint density at radius 1 is 1.45 bits per heavy atom. The van der Waals surface area contributed by atoms with Gasteiger partial charge in [0.2, 0.25) is 0 Å². The van der Waals surface area contributed by atoms with E-state index in [0.717, 1.165) is 19.5 Å². The molecule has 1 heterocycles. The SMILES string of the molecule is NCC1CNCCC1CCF. The van der Waals surface area contributed by atoms with Crippen molar-refractivity contribution in [2.75, 3.05) is 26.3 Å². The third-order valence-corrected chi connectivity index (χ3v) is 2.55. The van der Waals surface area contributed by atoms with Crippen LogP contribution in [-0.2, 0) is 0 Å². The maximum absolute atomic E-state index is 12.0. The van der Waals surface area contributed by atoms with Crippen LogP contribution in [0.4, 0.5) is 4.39 Å². The second-order valence-electron chi connectivity index (χ2n) is 3.23. The van der Waals surface area contributed by atoms with Crippen LogP contribution in [0.3, 0.4) is 0 Å². The number of alkyl halides is 1. The molecule has 1 rings (SSSR count). The highest BCUT2D eigenvalue weighted by molar-refractivity contribution is 4.78. The molecule has 3 N–H and O–H groups in total. The van der Waals surface area contributed by atoms with Crippen molar-refractivity contribution in [1.29, 1.82) is 0 Å². The molecule has 2 nitrogen and oxygen atoms in total. The highest BCUT2D eigenvalue weighted by Gasteiger charge is 2.22.